The lowest BCUT2D eigenvalue weighted by atomic mass is 10.1. The molecule has 0 aliphatic carbocycles. The van der Waals surface area contributed by atoms with Crippen LogP contribution in [0.1, 0.15) is 21.6 Å². The summed E-state index contributed by atoms with van der Waals surface area (Å²) in [7, 11) is 3.17. The monoisotopic (exact) mass is 414 g/mol. The summed E-state index contributed by atoms with van der Waals surface area (Å²) in [6.07, 6.45) is 0. The highest BCUT2D eigenvalue weighted by Crippen LogP contribution is 2.33. The first kappa shape index (κ1) is 18.2. The Morgan fingerprint density at radius 3 is 2.54 bits per heavy atom. The van der Waals surface area contributed by atoms with Crippen molar-refractivity contribution in [3.8, 4) is 11.5 Å². The minimum Gasteiger partial charge on any atom is -0.493 e. The first-order valence-corrected chi connectivity index (χ1v) is 8.87. The largest absolute Gasteiger partial charge is 0.493 e. The standard InChI is InChI=1S/C20H19BrN2O3/c1-12-8-15(14-6-4-5-7-17(14)23-12)20(24)22-11-13-9-18(25-2)19(26-3)10-16(13)21/h4-10H,11H2,1-3H3,(H,22,24). The predicted molar refractivity (Wildman–Crippen MR) is 105 cm³/mol. The van der Waals surface area contributed by atoms with Crippen LogP contribution in [0.15, 0.2) is 46.9 Å². The number of carbonyl (C=O) groups is 1. The van der Waals surface area contributed by atoms with E-state index in [0.717, 1.165) is 26.6 Å². The summed E-state index contributed by atoms with van der Waals surface area (Å²) in [5.41, 5.74) is 3.13. The van der Waals surface area contributed by atoms with Crippen molar-refractivity contribution >= 4 is 32.7 Å². The zero-order valence-corrected chi connectivity index (χ0v) is 16.4. The molecule has 0 spiro atoms. The van der Waals surface area contributed by atoms with Crippen molar-refractivity contribution in [2.75, 3.05) is 14.2 Å². The van der Waals surface area contributed by atoms with Crippen LogP contribution in [0, 0.1) is 6.92 Å². The lowest BCUT2D eigenvalue weighted by molar-refractivity contribution is 0.0952. The number of aryl methyl sites for hydroxylation is 1. The van der Waals surface area contributed by atoms with Gasteiger partial charge in [0, 0.05) is 22.1 Å². The number of halogens is 1. The molecule has 6 heteroatoms. The Balaban J connectivity index is 1.86. The predicted octanol–water partition coefficient (Wildman–Crippen LogP) is 4.25. The van der Waals surface area contributed by atoms with Gasteiger partial charge >= 0.3 is 0 Å². The van der Waals surface area contributed by atoms with Gasteiger partial charge in [0.1, 0.15) is 0 Å². The number of ether oxygens (including phenoxy) is 2. The molecule has 0 saturated heterocycles. The molecule has 0 aliphatic heterocycles. The van der Waals surface area contributed by atoms with Gasteiger partial charge in [-0.3, -0.25) is 9.78 Å². The molecule has 0 unspecified atom stereocenters. The highest BCUT2D eigenvalue weighted by molar-refractivity contribution is 9.10. The molecule has 3 aromatic rings. The number of nitrogens with one attached hydrogen (secondary N) is 1. The van der Waals surface area contributed by atoms with Crippen LogP contribution < -0.4 is 14.8 Å². The van der Waals surface area contributed by atoms with E-state index in [2.05, 4.69) is 26.2 Å². The van der Waals surface area contributed by atoms with Gasteiger partial charge in [-0.05, 0) is 36.8 Å². The fourth-order valence-corrected chi connectivity index (χ4v) is 3.26. The van der Waals surface area contributed by atoms with Crippen LogP contribution in [0.2, 0.25) is 0 Å². The molecule has 0 aliphatic rings. The number of hydrogen-bond acceptors (Lipinski definition) is 4. The van der Waals surface area contributed by atoms with E-state index in [0.29, 0.717) is 23.6 Å². The number of pyridine rings is 1. The quantitative estimate of drug-likeness (QED) is 0.677. The van der Waals surface area contributed by atoms with E-state index in [-0.39, 0.29) is 5.91 Å². The smallest absolute Gasteiger partial charge is 0.252 e. The number of amides is 1. The molecule has 0 saturated carbocycles. The van der Waals surface area contributed by atoms with Crippen molar-refractivity contribution in [3.05, 3.63) is 63.8 Å². The summed E-state index contributed by atoms with van der Waals surface area (Å²) in [5.74, 6) is 1.10. The Bertz CT molecular complexity index is 973. The number of benzene rings is 2. The molecule has 1 heterocycles. The van der Waals surface area contributed by atoms with Crippen molar-refractivity contribution in [2.45, 2.75) is 13.5 Å². The highest BCUT2D eigenvalue weighted by Gasteiger charge is 2.14. The minimum absolute atomic E-state index is 0.145. The fraction of sp³-hybridized carbons (Fsp3) is 0.200. The first-order chi connectivity index (χ1) is 12.5. The molecule has 0 atom stereocenters. The highest BCUT2D eigenvalue weighted by atomic mass is 79.9. The molecule has 2 aromatic carbocycles. The van der Waals surface area contributed by atoms with Gasteiger partial charge in [0.15, 0.2) is 11.5 Å². The Hall–Kier alpha value is -2.60. The third kappa shape index (κ3) is 3.65. The first-order valence-electron chi connectivity index (χ1n) is 8.08. The second-order valence-electron chi connectivity index (χ2n) is 5.81. The molecular weight excluding hydrogens is 396 g/mol. The van der Waals surface area contributed by atoms with Gasteiger partial charge in [0.2, 0.25) is 0 Å². The molecule has 1 amide bonds. The van der Waals surface area contributed by atoms with Gasteiger partial charge in [0.25, 0.3) is 5.91 Å². The van der Waals surface area contributed by atoms with E-state index in [1.807, 2.05) is 43.3 Å². The molecule has 1 N–H and O–H groups in total. The molecule has 134 valence electrons. The summed E-state index contributed by atoms with van der Waals surface area (Å²) in [6.45, 7) is 2.24. The van der Waals surface area contributed by atoms with Crippen molar-refractivity contribution in [1.82, 2.24) is 10.3 Å². The summed E-state index contributed by atoms with van der Waals surface area (Å²) in [4.78, 5) is 17.2. The number of nitrogens with zero attached hydrogens (tertiary/aromatic N) is 1. The zero-order chi connectivity index (χ0) is 18.7. The number of methoxy groups -OCH3 is 2. The van der Waals surface area contributed by atoms with Gasteiger partial charge in [-0.1, -0.05) is 34.1 Å². The van der Waals surface area contributed by atoms with E-state index < -0.39 is 0 Å². The average molecular weight is 415 g/mol. The van der Waals surface area contributed by atoms with Crippen molar-refractivity contribution < 1.29 is 14.3 Å². The minimum atomic E-state index is -0.145. The molecule has 0 fully saturated rings. The third-order valence-corrected chi connectivity index (χ3v) is 4.82. The SMILES string of the molecule is COc1cc(Br)c(CNC(=O)c2cc(C)nc3ccccc23)cc1OC. The van der Waals surface area contributed by atoms with Crippen LogP contribution in [-0.4, -0.2) is 25.1 Å². The lowest BCUT2D eigenvalue weighted by Gasteiger charge is -2.13. The maximum absolute atomic E-state index is 12.8. The van der Waals surface area contributed by atoms with Gasteiger partial charge in [-0.2, -0.15) is 0 Å². The van der Waals surface area contributed by atoms with Crippen LogP contribution in [-0.2, 0) is 6.54 Å². The number of aromatic nitrogens is 1. The van der Waals surface area contributed by atoms with Gasteiger partial charge < -0.3 is 14.8 Å². The number of rotatable bonds is 5. The van der Waals surface area contributed by atoms with Crippen LogP contribution in [0.3, 0.4) is 0 Å². The second-order valence-corrected chi connectivity index (χ2v) is 6.66. The number of para-hydroxylation sites is 1. The fourth-order valence-electron chi connectivity index (χ4n) is 2.80. The topological polar surface area (TPSA) is 60.5 Å². The van der Waals surface area contributed by atoms with Gasteiger partial charge in [0.05, 0.1) is 25.3 Å². The lowest BCUT2D eigenvalue weighted by Crippen LogP contribution is -2.23. The Morgan fingerprint density at radius 1 is 1.12 bits per heavy atom. The van der Waals surface area contributed by atoms with Crippen LogP contribution in [0.4, 0.5) is 0 Å². The van der Waals surface area contributed by atoms with Crippen LogP contribution in [0.25, 0.3) is 10.9 Å². The van der Waals surface area contributed by atoms with Crippen molar-refractivity contribution in [2.24, 2.45) is 0 Å². The van der Waals surface area contributed by atoms with Gasteiger partial charge in [-0.15, -0.1) is 0 Å². The van der Waals surface area contributed by atoms with E-state index in [1.165, 1.54) is 0 Å². The number of carbonyl (C=O) groups excluding carboxylic acids is 1. The Morgan fingerprint density at radius 2 is 1.81 bits per heavy atom. The van der Waals surface area contributed by atoms with Crippen molar-refractivity contribution in [3.63, 3.8) is 0 Å². The van der Waals surface area contributed by atoms with Crippen LogP contribution in [0.5, 0.6) is 11.5 Å². The summed E-state index contributed by atoms with van der Waals surface area (Å²) in [6, 6.07) is 13.1. The van der Waals surface area contributed by atoms with Crippen molar-refractivity contribution in [1.29, 1.82) is 0 Å². The Labute approximate surface area is 160 Å². The van der Waals surface area contributed by atoms with E-state index in [9.17, 15) is 4.79 Å². The summed E-state index contributed by atoms with van der Waals surface area (Å²) >= 11 is 3.51. The normalized spacial score (nSPS) is 10.6. The molecule has 0 radical (unpaired) electrons. The summed E-state index contributed by atoms with van der Waals surface area (Å²) < 4.78 is 11.4. The molecule has 26 heavy (non-hydrogen) atoms. The van der Waals surface area contributed by atoms with E-state index in [1.54, 1.807) is 20.3 Å². The van der Waals surface area contributed by atoms with E-state index >= 15 is 0 Å². The molecule has 3 rings (SSSR count). The molecule has 0 bridgehead atoms. The van der Waals surface area contributed by atoms with Crippen LogP contribution >= 0.6 is 15.9 Å². The zero-order valence-electron chi connectivity index (χ0n) is 14.8. The number of fused-ring (bicyclic) bond motifs is 1. The molecule has 5 nitrogen and oxygen atoms in total. The molecular formula is C20H19BrN2O3. The Kier molecular flexibility index (Phi) is 5.42. The van der Waals surface area contributed by atoms with Gasteiger partial charge in [-0.25, -0.2) is 0 Å². The summed E-state index contributed by atoms with van der Waals surface area (Å²) in [5, 5.41) is 3.81. The maximum atomic E-state index is 12.8. The maximum Gasteiger partial charge on any atom is 0.252 e. The average Bonchev–Trinajstić information content (AvgIpc) is 2.65. The third-order valence-electron chi connectivity index (χ3n) is 4.08. The second kappa shape index (κ2) is 7.74. The molecule has 1 aromatic heterocycles. The number of hydrogen-bond donors (Lipinski definition) is 1. The van der Waals surface area contributed by atoms with E-state index in [4.69, 9.17) is 9.47 Å².